The van der Waals surface area contributed by atoms with E-state index in [1.54, 1.807) is 0 Å². The van der Waals surface area contributed by atoms with Gasteiger partial charge in [-0.2, -0.15) is 0 Å². The number of hydrogen-bond donors (Lipinski definition) is 4. The third-order valence-electron chi connectivity index (χ3n) is 5.29. The first-order valence-corrected chi connectivity index (χ1v) is 11.4. The SMILES string of the molecule is CCN(CC)CCN(C)C(C)C1(C)Oc2ccccc2O1.O=C(O)/C=C\C(=O)O.O=C(O)/C=C\C(=O)O. The van der Waals surface area contributed by atoms with Crippen molar-refractivity contribution in [1.82, 2.24) is 9.80 Å². The summed E-state index contributed by atoms with van der Waals surface area (Å²) in [6.45, 7) is 12.8. The number of carbonyl (C=O) groups is 4. The normalized spacial score (nSPS) is 14.0. The van der Waals surface area contributed by atoms with E-state index in [9.17, 15) is 19.2 Å². The maximum Gasteiger partial charge on any atom is 0.328 e. The molecule has 0 spiro atoms. The van der Waals surface area contributed by atoms with E-state index in [2.05, 4.69) is 37.6 Å². The molecule has 206 valence electrons. The number of aliphatic carboxylic acids is 4. The predicted octanol–water partition coefficient (Wildman–Crippen LogP) is 2.26. The quantitative estimate of drug-likeness (QED) is 0.311. The van der Waals surface area contributed by atoms with Gasteiger partial charge < -0.3 is 34.8 Å². The van der Waals surface area contributed by atoms with Crippen molar-refractivity contribution in [3.05, 3.63) is 48.6 Å². The number of rotatable bonds is 11. The highest BCUT2D eigenvalue weighted by Crippen LogP contribution is 2.40. The molecule has 12 nitrogen and oxygen atoms in total. The molecular weight excluding hydrogens is 488 g/mol. The van der Waals surface area contributed by atoms with E-state index in [0.717, 1.165) is 37.7 Å². The predicted molar refractivity (Wildman–Crippen MR) is 135 cm³/mol. The van der Waals surface area contributed by atoms with Crippen LogP contribution in [0.1, 0.15) is 27.7 Å². The Morgan fingerprint density at radius 3 is 1.46 bits per heavy atom. The number of hydrogen-bond acceptors (Lipinski definition) is 8. The standard InChI is InChI=1S/C17H28N2O2.2C4H4O4/c1-6-19(7-2)13-12-18(5)14(3)17(4)20-15-10-8-9-11-16(15)21-17;2*5-3(6)1-2-4(7)8/h8-11,14H,6-7,12-13H2,1-5H3;2*1-2H,(H,5,6)(H,7,8)/b;2*2-1-. The summed E-state index contributed by atoms with van der Waals surface area (Å²) in [6, 6.07) is 8.04. The van der Waals surface area contributed by atoms with Gasteiger partial charge in [0.2, 0.25) is 0 Å². The van der Waals surface area contributed by atoms with Crippen LogP contribution in [-0.4, -0.2) is 99.2 Å². The number of benzene rings is 1. The Bertz CT molecular complexity index is 866. The third kappa shape index (κ3) is 13.7. The van der Waals surface area contributed by atoms with Crippen molar-refractivity contribution in [3.63, 3.8) is 0 Å². The number of likely N-dealkylation sites (N-methyl/N-ethyl adjacent to an activating group) is 2. The zero-order chi connectivity index (χ0) is 28.6. The van der Waals surface area contributed by atoms with E-state index < -0.39 is 29.7 Å². The molecule has 1 aliphatic heterocycles. The van der Waals surface area contributed by atoms with Crippen molar-refractivity contribution in [2.75, 3.05) is 33.2 Å². The molecule has 0 aliphatic carbocycles. The fourth-order valence-electron chi connectivity index (χ4n) is 2.96. The van der Waals surface area contributed by atoms with Crippen molar-refractivity contribution in [2.45, 2.75) is 39.5 Å². The van der Waals surface area contributed by atoms with E-state index in [0.29, 0.717) is 24.3 Å². The van der Waals surface area contributed by atoms with Crippen LogP contribution in [0.2, 0.25) is 0 Å². The van der Waals surface area contributed by atoms with Crippen LogP contribution in [0.5, 0.6) is 11.5 Å². The summed E-state index contributed by atoms with van der Waals surface area (Å²) in [7, 11) is 2.13. The molecule has 1 aromatic rings. The van der Waals surface area contributed by atoms with E-state index in [-0.39, 0.29) is 6.04 Å². The number of ether oxygens (including phenoxy) is 2. The minimum atomic E-state index is -1.26. The van der Waals surface area contributed by atoms with E-state index >= 15 is 0 Å². The van der Waals surface area contributed by atoms with Crippen LogP contribution in [0, 0.1) is 0 Å². The lowest BCUT2D eigenvalue weighted by molar-refractivity contribution is -0.134. The highest BCUT2D eigenvalue weighted by molar-refractivity contribution is 5.90. The molecule has 12 heteroatoms. The molecule has 2 rings (SSSR count). The van der Waals surface area contributed by atoms with Gasteiger partial charge in [0.25, 0.3) is 5.79 Å². The number of carboxylic acid groups (broad SMARTS) is 4. The van der Waals surface area contributed by atoms with Crippen LogP contribution in [0.3, 0.4) is 0 Å². The van der Waals surface area contributed by atoms with Crippen molar-refractivity contribution in [1.29, 1.82) is 0 Å². The van der Waals surface area contributed by atoms with Crippen LogP contribution in [0.25, 0.3) is 0 Å². The summed E-state index contributed by atoms with van der Waals surface area (Å²) in [4.78, 5) is 43.0. The Morgan fingerprint density at radius 2 is 1.16 bits per heavy atom. The summed E-state index contributed by atoms with van der Waals surface area (Å²) in [5.41, 5.74) is 0. The van der Waals surface area contributed by atoms with Gasteiger partial charge in [0.05, 0.1) is 6.04 Å². The fraction of sp³-hybridized carbons (Fsp3) is 0.440. The van der Waals surface area contributed by atoms with Gasteiger partial charge in [-0.3, -0.25) is 4.90 Å². The third-order valence-corrected chi connectivity index (χ3v) is 5.29. The second-order valence-corrected chi connectivity index (χ2v) is 7.87. The van der Waals surface area contributed by atoms with Gasteiger partial charge in [0.15, 0.2) is 11.5 Å². The lowest BCUT2D eigenvalue weighted by atomic mass is 10.1. The molecule has 0 saturated heterocycles. The highest BCUT2D eigenvalue weighted by Gasteiger charge is 2.43. The zero-order valence-corrected chi connectivity index (χ0v) is 21.7. The molecule has 1 atom stereocenters. The van der Waals surface area contributed by atoms with Gasteiger partial charge in [0.1, 0.15) is 0 Å². The molecule has 1 unspecified atom stereocenters. The Kier molecular flexibility index (Phi) is 15.0. The van der Waals surface area contributed by atoms with Crippen LogP contribution in [0.15, 0.2) is 48.6 Å². The van der Waals surface area contributed by atoms with Crippen molar-refractivity contribution >= 4 is 23.9 Å². The van der Waals surface area contributed by atoms with E-state index in [1.165, 1.54) is 0 Å². The number of fused-ring (bicyclic) bond motifs is 1. The number of para-hydroxylation sites is 2. The number of nitrogens with zero attached hydrogens (tertiary/aromatic N) is 2. The topological polar surface area (TPSA) is 174 Å². The lowest BCUT2D eigenvalue weighted by Gasteiger charge is -2.36. The first kappa shape index (κ1) is 33.1. The van der Waals surface area contributed by atoms with Crippen LogP contribution in [-0.2, 0) is 19.2 Å². The zero-order valence-electron chi connectivity index (χ0n) is 21.7. The van der Waals surface area contributed by atoms with Crippen LogP contribution >= 0.6 is 0 Å². The van der Waals surface area contributed by atoms with Gasteiger partial charge in [0, 0.05) is 44.3 Å². The summed E-state index contributed by atoms with van der Waals surface area (Å²) in [5.74, 6) is -3.98. The monoisotopic (exact) mass is 524 g/mol. The molecule has 0 aromatic heterocycles. The summed E-state index contributed by atoms with van der Waals surface area (Å²) in [6.07, 6.45) is 2.23. The highest BCUT2D eigenvalue weighted by atomic mass is 16.7. The molecule has 0 radical (unpaired) electrons. The molecular formula is C25H36N2O10. The van der Waals surface area contributed by atoms with Gasteiger partial charge in [-0.1, -0.05) is 26.0 Å². The molecule has 1 heterocycles. The molecule has 1 aromatic carbocycles. The molecule has 0 bridgehead atoms. The second-order valence-electron chi connectivity index (χ2n) is 7.87. The van der Waals surface area contributed by atoms with Gasteiger partial charge in [-0.15, -0.1) is 0 Å². The van der Waals surface area contributed by atoms with Crippen LogP contribution < -0.4 is 9.47 Å². The van der Waals surface area contributed by atoms with E-state index in [4.69, 9.17) is 29.9 Å². The molecule has 4 N–H and O–H groups in total. The molecule has 0 amide bonds. The van der Waals surface area contributed by atoms with Crippen molar-refractivity contribution < 1.29 is 49.1 Å². The Labute approximate surface area is 216 Å². The first-order valence-electron chi connectivity index (χ1n) is 11.4. The maximum atomic E-state index is 9.55. The average molecular weight is 525 g/mol. The molecule has 0 saturated carbocycles. The Balaban J connectivity index is 0.000000669. The first-order chi connectivity index (χ1) is 17.2. The average Bonchev–Trinajstić information content (AvgIpc) is 3.19. The van der Waals surface area contributed by atoms with Crippen molar-refractivity contribution in [3.8, 4) is 11.5 Å². The molecule has 37 heavy (non-hydrogen) atoms. The Morgan fingerprint density at radius 1 is 0.811 bits per heavy atom. The Hall–Kier alpha value is -3.90. The van der Waals surface area contributed by atoms with Crippen LogP contribution in [0.4, 0.5) is 0 Å². The minimum absolute atomic E-state index is 0.167. The fourth-order valence-corrected chi connectivity index (χ4v) is 2.96. The van der Waals surface area contributed by atoms with Gasteiger partial charge in [-0.05, 0) is 39.2 Å². The minimum Gasteiger partial charge on any atom is -0.478 e. The number of carboxylic acids is 4. The summed E-state index contributed by atoms with van der Waals surface area (Å²) >= 11 is 0. The smallest absolute Gasteiger partial charge is 0.328 e. The van der Waals surface area contributed by atoms with Gasteiger partial charge in [-0.25, -0.2) is 19.2 Å². The maximum absolute atomic E-state index is 9.55. The summed E-state index contributed by atoms with van der Waals surface area (Å²) in [5, 5.41) is 31.2. The molecule has 0 fully saturated rings. The molecule has 1 aliphatic rings. The van der Waals surface area contributed by atoms with Crippen molar-refractivity contribution in [2.24, 2.45) is 0 Å². The van der Waals surface area contributed by atoms with Gasteiger partial charge >= 0.3 is 23.9 Å². The lowest BCUT2D eigenvalue weighted by Crippen LogP contribution is -2.54. The summed E-state index contributed by atoms with van der Waals surface area (Å²) < 4.78 is 12.1. The van der Waals surface area contributed by atoms with E-state index in [1.807, 2.05) is 31.2 Å². The second kappa shape index (κ2) is 16.7. The largest absolute Gasteiger partial charge is 0.478 e.